The van der Waals surface area contributed by atoms with Gasteiger partial charge in [0.15, 0.2) is 0 Å². The number of carbonyl (C=O) groups is 1. The molecule has 0 aromatic heterocycles. The molecule has 1 aromatic rings. The van der Waals surface area contributed by atoms with E-state index in [2.05, 4.69) is 4.99 Å². The van der Waals surface area contributed by atoms with Crippen molar-refractivity contribution in [2.75, 3.05) is 13.6 Å². The molecule has 1 aliphatic heterocycles. The Morgan fingerprint density at radius 2 is 2.07 bits per heavy atom. The molecule has 0 atom stereocenters. The van der Waals surface area contributed by atoms with Gasteiger partial charge in [-0.3, -0.25) is 9.69 Å². The van der Waals surface area contributed by atoms with Crippen LogP contribution in [0.5, 0.6) is 5.75 Å². The van der Waals surface area contributed by atoms with Crippen LogP contribution in [0.3, 0.4) is 0 Å². The molecule has 0 radical (unpaired) electrons. The van der Waals surface area contributed by atoms with Crippen LogP contribution >= 0.6 is 0 Å². The van der Waals surface area contributed by atoms with Crippen LogP contribution in [0.2, 0.25) is 0 Å². The van der Waals surface area contributed by atoms with E-state index >= 15 is 0 Å². The molecule has 0 bridgehead atoms. The summed E-state index contributed by atoms with van der Waals surface area (Å²) in [5.74, 6) is 0.642. The first-order valence-corrected chi connectivity index (χ1v) is 4.31. The molecule has 4 nitrogen and oxygen atoms in total. The Hall–Kier alpha value is -1.84. The molecule has 0 saturated carbocycles. The lowest BCUT2D eigenvalue weighted by molar-refractivity contribution is -0.124. The quantitative estimate of drug-likeness (QED) is 0.660. The van der Waals surface area contributed by atoms with Gasteiger partial charge in [0, 0.05) is 7.05 Å². The van der Waals surface area contributed by atoms with E-state index in [1.807, 2.05) is 30.3 Å². The third-order valence-corrected chi connectivity index (χ3v) is 1.96. The van der Waals surface area contributed by atoms with E-state index in [0.29, 0.717) is 11.8 Å². The summed E-state index contributed by atoms with van der Waals surface area (Å²) in [4.78, 5) is 16.5. The first-order valence-electron chi connectivity index (χ1n) is 4.31. The van der Waals surface area contributed by atoms with Crippen molar-refractivity contribution in [1.82, 2.24) is 4.90 Å². The number of benzene rings is 1. The number of hydrogen-bond donors (Lipinski definition) is 0. The van der Waals surface area contributed by atoms with Crippen LogP contribution in [0.4, 0.5) is 0 Å². The van der Waals surface area contributed by atoms with E-state index in [4.69, 9.17) is 4.74 Å². The van der Waals surface area contributed by atoms with Crippen molar-refractivity contribution in [1.29, 1.82) is 0 Å². The zero-order chi connectivity index (χ0) is 9.97. The molecule has 14 heavy (non-hydrogen) atoms. The van der Waals surface area contributed by atoms with Crippen molar-refractivity contribution in [3.63, 3.8) is 0 Å². The number of rotatable bonds is 1. The molecule has 0 unspecified atom stereocenters. The fourth-order valence-corrected chi connectivity index (χ4v) is 1.15. The summed E-state index contributed by atoms with van der Waals surface area (Å²) in [7, 11) is 1.65. The molecular weight excluding hydrogens is 180 g/mol. The van der Waals surface area contributed by atoms with Crippen molar-refractivity contribution in [2.24, 2.45) is 4.99 Å². The van der Waals surface area contributed by atoms with E-state index in [9.17, 15) is 4.79 Å². The van der Waals surface area contributed by atoms with Gasteiger partial charge in [-0.25, -0.2) is 4.99 Å². The summed E-state index contributed by atoms with van der Waals surface area (Å²) in [5.41, 5.74) is 0. The minimum absolute atomic E-state index is 0.0454. The normalized spacial score (nSPS) is 15.6. The fraction of sp³-hybridized carbons (Fsp3) is 0.200. The molecule has 1 amide bonds. The number of ether oxygens (including phenoxy) is 1. The van der Waals surface area contributed by atoms with E-state index in [1.54, 1.807) is 7.05 Å². The zero-order valence-electron chi connectivity index (χ0n) is 7.80. The minimum Gasteiger partial charge on any atom is -0.426 e. The zero-order valence-corrected chi connectivity index (χ0v) is 7.80. The Morgan fingerprint density at radius 1 is 1.36 bits per heavy atom. The number of aliphatic imine (C=N–C) groups is 1. The predicted octanol–water partition coefficient (Wildman–Crippen LogP) is 0.893. The third-order valence-electron chi connectivity index (χ3n) is 1.96. The van der Waals surface area contributed by atoms with Crippen LogP contribution in [-0.2, 0) is 4.79 Å². The summed E-state index contributed by atoms with van der Waals surface area (Å²) < 4.78 is 5.41. The molecule has 72 valence electrons. The Kier molecular flexibility index (Phi) is 2.18. The number of hydrogen-bond acceptors (Lipinski definition) is 3. The largest absolute Gasteiger partial charge is 0.426 e. The summed E-state index contributed by atoms with van der Waals surface area (Å²) in [6.07, 6.45) is 0. The van der Waals surface area contributed by atoms with Crippen LogP contribution in [0.1, 0.15) is 0 Å². The van der Waals surface area contributed by atoms with Crippen molar-refractivity contribution in [3.8, 4) is 5.75 Å². The maximum Gasteiger partial charge on any atom is 0.300 e. The molecule has 0 spiro atoms. The van der Waals surface area contributed by atoms with Gasteiger partial charge in [-0.05, 0) is 12.1 Å². The highest BCUT2D eigenvalue weighted by Gasteiger charge is 2.22. The van der Waals surface area contributed by atoms with Gasteiger partial charge in [-0.2, -0.15) is 0 Å². The van der Waals surface area contributed by atoms with E-state index in [1.165, 1.54) is 4.90 Å². The summed E-state index contributed by atoms with van der Waals surface area (Å²) in [6.45, 7) is 0.179. The van der Waals surface area contributed by atoms with Gasteiger partial charge in [-0.15, -0.1) is 0 Å². The average molecular weight is 190 g/mol. The highest BCUT2D eigenvalue weighted by Crippen LogP contribution is 2.11. The van der Waals surface area contributed by atoms with Gasteiger partial charge in [0.05, 0.1) is 0 Å². The van der Waals surface area contributed by atoms with Gasteiger partial charge in [-0.1, -0.05) is 18.2 Å². The number of para-hydroxylation sites is 1. The topological polar surface area (TPSA) is 41.9 Å². The number of likely N-dealkylation sites (N-methyl/N-ethyl adjacent to an activating group) is 1. The lowest BCUT2D eigenvalue weighted by atomic mass is 10.3. The first kappa shape index (κ1) is 8.74. The molecule has 1 aromatic carbocycles. The van der Waals surface area contributed by atoms with Crippen LogP contribution < -0.4 is 4.74 Å². The summed E-state index contributed by atoms with van der Waals surface area (Å²) in [6, 6.07) is 9.64. The second-order valence-corrected chi connectivity index (χ2v) is 2.97. The number of amides is 1. The smallest absolute Gasteiger partial charge is 0.300 e. The highest BCUT2D eigenvalue weighted by molar-refractivity contribution is 6.00. The Labute approximate surface area is 81.8 Å². The second-order valence-electron chi connectivity index (χ2n) is 2.97. The summed E-state index contributed by atoms with van der Waals surface area (Å²) >= 11 is 0. The molecule has 0 N–H and O–H groups in total. The molecular formula is C10H10N2O2. The van der Waals surface area contributed by atoms with Crippen molar-refractivity contribution >= 4 is 11.9 Å². The fourth-order valence-electron chi connectivity index (χ4n) is 1.15. The first-order chi connectivity index (χ1) is 6.77. The maximum absolute atomic E-state index is 11.1. The Morgan fingerprint density at radius 3 is 2.64 bits per heavy atom. The minimum atomic E-state index is -0.0454. The molecule has 4 heteroatoms. The van der Waals surface area contributed by atoms with Crippen molar-refractivity contribution in [3.05, 3.63) is 30.3 Å². The van der Waals surface area contributed by atoms with E-state index in [0.717, 1.165) is 0 Å². The van der Waals surface area contributed by atoms with Gasteiger partial charge < -0.3 is 4.74 Å². The number of amidine groups is 1. The summed E-state index contributed by atoms with van der Waals surface area (Å²) in [5, 5.41) is 0. The SMILES string of the molecule is CN1C(=O)CN=C1Oc1ccccc1. The maximum atomic E-state index is 11.1. The molecule has 1 aliphatic rings. The highest BCUT2D eigenvalue weighted by atomic mass is 16.5. The molecule has 0 aliphatic carbocycles. The number of nitrogens with zero attached hydrogens (tertiary/aromatic N) is 2. The van der Waals surface area contributed by atoms with Crippen LogP contribution in [-0.4, -0.2) is 30.4 Å². The third kappa shape index (κ3) is 1.59. The monoisotopic (exact) mass is 190 g/mol. The van der Waals surface area contributed by atoms with Gasteiger partial charge in [0.25, 0.3) is 11.9 Å². The van der Waals surface area contributed by atoms with E-state index < -0.39 is 0 Å². The Bertz CT molecular complexity index is 373. The number of carbonyl (C=O) groups excluding carboxylic acids is 1. The molecule has 1 heterocycles. The van der Waals surface area contributed by atoms with Crippen molar-refractivity contribution in [2.45, 2.75) is 0 Å². The van der Waals surface area contributed by atoms with Crippen LogP contribution in [0, 0.1) is 0 Å². The van der Waals surface area contributed by atoms with Gasteiger partial charge in [0.2, 0.25) is 0 Å². The molecule has 0 saturated heterocycles. The van der Waals surface area contributed by atoms with Crippen molar-refractivity contribution < 1.29 is 9.53 Å². The lowest BCUT2D eigenvalue weighted by Gasteiger charge is -2.11. The molecule has 0 fully saturated rings. The standard InChI is InChI=1S/C10H10N2O2/c1-12-9(13)7-11-10(12)14-8-5-3-2-4-6-8/h2-6H,7H2,1H3. The molecule has 2 rings (SSSR count). The average Bonchev–Trinajstić information content (AvgIpc) is 2.52. The van der Waals surface area contributed by atoms with Gasteiger partial charge in [0.1, 0.15) is 12.3 Å². The Balaban J connectivity index is 2.10. The van der Waals surface area contributed by atoms with Gasteiger partial charge >= 0.3 is 0 Å². The predicted molar refractivity (Wildman–Crippen MR) is 52.1 cm³/mol. The second kappa shape index (κ2) is 3.49. The van der Waals surface area contributed by atoms with Crippen LogP contribution in [0.15, 0.2) is 35.3 Å². The van der Waals surface area contributed by atoms with E-state index in [-0.39, 0.29) is 12.5 Å². The van der Waals surface area contributed by atoms with Crippen LogP contribution in [0.25, 0.3) is 0 Å². The lowest BCUT2D eigenvalue weighted by Crippen LogP contribution is -2.31.